The standard InChI is InChI=1S/C25H27FO3/c1-14-10-17(29-5)13-20(22(14)26)18-7-6-15(23(27)28)11-19(18)21-12-16-8-9-25(21,4)24(16,2)3/h6-7,10-13,16H,8-9H2,1-5H3,(H,27,28)/t16-,25+/m1/s1. The van der Waals surface area contributed by atoms with Crippen LogP contribution in [0.25, 0.3) is 16.7 Å². The number of halogens is 1. The molecule has 0 radical (unpaired) electrons. The van der Waals surface area contributed by atoms with Crippen LogP contribution >= 0.6 is 0 Å². The molecule has 2 bridgehead atoms. The third-order valence-electron chi connectivity index (χ3n) is 7.58. The van der Waals surface area contributed by atoms with Gasteiger partial charge >= 0.3 is 5.97 Å². The molecule has 2 aromatic rings. The van der Waals surface area contributed by atoms with Crippen molar-refractivity contribution in [3.8, 4) is 16.9 Å². The average molecular weight is 394 g/mol. The number of methoxy groups -OCH3 is 1. The van der Waals surface area contributed by atoms with Gasteiger partial charge in [-0.3, -0.25) is 0 Å². The van der Waals surface area contributed by atoms with Crippen molar-refractivity contribution in [2.45, 2.75) is 40.5 Å². The number of aromatic carboxylic acids is 1. The van der Waals surface area contributed by atoms with Gasteiger partial charge in [0.1, 0.15) is 11.6 Å². The molecule has 0 amide bonds. The molecular weight excluding hydrogens is 367 g/mol. The van der Waals surface area contributed by atoms with Crippen molar-refractivity contribution in [3.63, 3.8) is 0 Å². The van der Waals surface area contributed by atoms with Crippen molar-refractivity contribution in [3.05, 3.63) is 58.9 Å². The second kappa shape index (κ2) is 6.45. The van der Waals surface area contributed by atoms with Crippen molar-refractivity contribution < 1.29 is 19.0 Å². The highest BCUT2D eigenvalue weighted by molar-refractivity contribution is 5.93. The van der Waals surface area contributed by atoms with Crippen LogP contribution < -0.4 is 4.74 Å². The van der Waals surface area contributed by atoms with E-state index < -0.39 is 5.97 Å². The van der Waals surface area contributed by atoms with E-state index in [1.165, 1.54) is 0 Å². The van der Waals surface area contributed by atoms with Gasteiger partial charge in [0.2, 0.25) is 0 Å². The Morgan fingerprint density at radius 3 is 2.41 bits per heavy atom. The number of carbonyl (C=O) groups is 1. The maximum atomic E-state index is 15.2. The Morgan fingerprint density at radius 1 is 1.14 bits per heavy atom. The Kier molecular flexibility index (Phi) is 4.38. The first-order valence-corrected chi connectivity index (χ1v) is 10.0. The lowest BCUT2D eigenvalue weighted by Crippen LogP contribution is -2.29. The Bertz CT molecular complexity index is 1050. The number of carboxylic acid groups (broad SMARTS) is 1. The zero-order chi connectivity index (χ0) is 21.1. The molecule has 1 saturated carbocycles. The molecule has 1 N–H and O–H groups in total. The lowest BCUT2D eigenvalue weighted by Gasteiger charge is -2.38. The van der Waals surface area contributed by atoms with E-state index in [2.05, 4.69) is 26.8 Å². The van der Waals surface area contributed by atoms with Gasteiger partial charge in [0.15, 0.2) is 0 Å². The molecule has 0 spiro atoms. The van der Waals surface area contributed by atoms with Gasteiger partial charge in [-0.05, 0) is 83.0 Å². The first-order chi connectivity index (χ1) is 13.6. The first kappa shape index (κ1) is 19.7. The van der Waals surface area contributed by atoms with E-state index in [1.54, 1.807) is 44.4 Å². The monoisotopic (exact) mass is 394 g/mol. The zero-order valence-corrected chi connectivity index (χ0v) is 17.6. The van der Waals surface area contributed by atoms with Crippen LogP contribution in [0.4, 0.5) is 4.39 Å². The Balaban J connectivity index is 1.99. The average Bonchev–Trinajstić information content (AvgIpc) is 3.03. The molecule has 3 nitrogen and oxygen atoms in total. The second-order valence-corrected chi connectivity index (χ2v) is 9.15. The topological polar surface area (TPSA) is 46.5 Å². The molecule has 2 aliphatic rings. The summed E-state index contributed by atoms with van der Waals surface area (Å²) in [7, 11) is 1.56. The van der Waals surface area contributed by atoms with E-state index in [0.29, 0.717) is 28.4 Å². The maximum absolute atomic E-state index is 15.2. The van der Waals surface area contributed by atoms with Gasteiger partial charge in [-0.25, -0.2) is 9.18 Å². The van der Waals surface area contributed by atoms with Crippen molar-refractivity contribution in [2.75, 3.05) is 7.11 Å². The molecule has 0 aromatic heterocycles. The summed E-state index contributed by atoms with van der Waals surface area (Å²) in [5.41, 5.74) is 3.83. The van der Waals surface area contributed by atoms with E-state index in [9.17, 15) is 9.90 Å². The van der Waals surface area contributed by atoms with Crippen molar-refractivity contribution >= 4 is 11.5 Å². The highest BCUT2D eigenvalue weighted by atomic mass is 19.1. The highest BCUT2D eigenvalue weighted by Gasteiger charge is 2.57. The fraction of sp³-hybridized carbons (Fsp3) is 0.400. The van der Waals surface area contributed by atoms with Gasteiger partial charge in [0.05, 0.1) is 12.7 Å². The number of allylic oxidation sites excluding steroid dienone is 2. The summed E-state index contributed by atoms with van der Waals surface area (Å²) in [6, 6.07) is 8.36. The quantitative estimate of drug-likeness (QED) is 0.657. The minimum Gasteiger partial charge on any atom is -0.497 e. The van der Waals surface area contributed by atoms with Gasteiger partial charge < -0.3 is 9.84 Å². The molecule has 29 heavy (non-hydrogen) atoms. The number of hydrogen-bond donors (Lipinski definition) is 1. The second-order valence-electron chi connectivity index (χ2n) is 9.15. The molecule has 4 rings (SSSR count). The lowest BCUT2D eigenvalue weighted by atomic mass is 9.65. The fourth-order valence-corrected chi connectivity index (χ4v) is 5.27. The van der Waals surface area contributed by atoms with Crippen molar-refractivity contribution in [1.29, 1.82) is 0 Å². The summed E-state index contributed by atoms with van der Waals surface area (Å²) in [6.45, 7) is 8.54. The van der Waals surface area contributed by atoms with Gasteiger partial charge in [-0.15, -0.1) is 0 Å². The minimum atomic E-state index is -0.978. The number of carboxylic acids is 1. The molecule has 2 aromatic carbocycles. The molecule has 0 heterocycles. The van der Waals surface area contributed by atoms with Crippen molar-refractivity contribution in [1.82, 2.24) is 0 Å². The van der Waals surface area contributed by atoms with Crippen LogP contribution in [0.1, 0.15) is 55.1 Å². The van der Waals surface area contributed by atoms with Gasteiger partial charge in [-0.2, -0.15) is 0 Å². The predicted octanol–water partition coefficient (Wildman–Crippen LogP) is 6.35. The number of fused-ring (bicyclic) bond motifs is 2. The van der Waals surface area contributed by atoms with Gasteiger partial charge in [0, 0.05) is 5.56 Å². The normalized spacial score (nSPS) is 24.5. The first-order valence-electron chi connectivity index (χ1n) is 10.0. The van der Waals surface area contributed by atoms with E-state index in [0.717, 1.165) is 24.0 Å². The van der Waals surface area contributed by atoms with E-state index in [1.807, 2.05) is 0 Å². The minimum absolute atomic E-state index is 0.0755. The Hall–Kier alpha value is -2.62. The van der Waals surface area contributed by atoms with Crippen molar-refractivity contribution in [2.24, 2.45) is 16.7 Å². The summed E-state index contributed by atoms with van der Waals surface area (Å²) >= 11 is 0. The third kappa shape index (κ3) is 2.72. The number of aryl methyl sites for hydroxylation is 1. The highest BCUT2D eigenvalue weighted by Crippen LogP contribution is 2.68. The maximum Gasteiger partial charge on any atom is 0.335 e. The van der Waals surface area contributed by atoms with Gasteiger partial charge in [0.25, 0.3) is 0 Å². The van der Waals surface area contributed by atoms with E-state index in [-0.39, 0.29) is 22.2 Å². The summed E-state index contributed by atoms with van der Waals surface area (Å²) in [4.78, 5) is 11.7. The molecule has 152 valence electrons. The molecule has 0 unspecified atom stereocenters. The van der Waals surface area contributed by atoms with E-state index in [4.69, 9.17) is 4.74 Å². The zero-order valence-electron chi connectivity index (χ0n) is 17.6. The predicted molar refractivity (Wildman–Crippen MR) is 113 cm³/mol. The summed E-state index contributed by atoms with van der Waals surface area (Å²) < 4.78 is 20.5. The smallest absolute Gasteiger partial charge is 0.335 e. The van der Waals surface area contributed by atoms with Crippen LogP contribution in [-0.2, 0) is 0 Å². The largest absolute Gasteiger partial charge is 0.497 e. The fourth-order valence-electron chi connectivity index (χ4n) is 5.27. The van der Waals surface area contributed by atoms with Crippen LogP contribution in [0.15, 0.2) is 36.4 Å². The third-order valence-corrected chi connectivity index (χ3v) is 7.58. The summed E-state index contributed by atoms with van der Waals surface area (Å²) in [5.74, 6) is -0.252. The summed E-state index contributed by atoms with van der Waals surface area (Å²) in [6.07, 6.45) is 4.47. The van der Waals surface area contributed by atoms with Crippen LogP contribution in [0, 0.1) is 29.5 Å². The van der Waals surface area contributed by atoms with Crippen LogP contribution in [-0.4, -0.2) is 18.2 Å². The van der Waals surface area contributed by atoms with E-state index >= 15 is 4.39 Å². The SMILES string of the molecule is COc1cc(C)c(F)c(-c2ccc(C(=O)O)cc2C2=C[C@H]3CC[C@]2(C)C3(C)C)c1. The summed E-state index contributed by atoms with van der Waals surface area (Å²) in [5, 5.41) is 9.58. The molecular formula is C25H27FO3. The number of hydrogen-bond acceptors (Lipinski definition) is 2. The molecule has 1 fully saturated rings. The number of benzene rings is 2. The molecule has 2 atom stereocenters. The molecule has 0 aliphatic heterocycles. The van der Waals surface area contributed by atoms with Crippen LogP contribution in [0.5, 0.6) is 5.75 Å². The van der Waals surface area contributed by atoms with Crippen LogP contribution in [0.2, 0.25) is 0 Å². The molecule has 4 heteroatoms. The number of rotatable bonds is 4. The lowest BCUT2D eigenvalue weighted by molar-refractivity contribution is 0.0697. The van der Waals surface area contributed by atoms with Crippen LogP contribution in [0.3, 0.4) is 0 Å². The number of ether oxygens (including phenoxy) is 1. The molecule has 0 saturated heterocycles. The molecule has 2 aliphatic carbocycles. The Morgan fingerprint density at radius 2 is 1.86 bits per heavy atom. The Labute approximate surface area is 171 Å². The van der Waals surface area contributed by atoms with Gasteiger partial charge in [-0.1, -0.05) is 32.9 Å².